The molecule has 2 aliphatic rings. The highest BCUT2D eigenvalue weighted by Crippen LogP contribution is 2.50. The minimum Gasteiger partial charge on any atom is -0.455 e. The van der Waals surface area contributed by atoms with Crippen molar-refractivity contribution in [2.45, 2.75) is 5.54 Å². The summed E-state index contributed by atoms with van der Waals surface area (Å²) in [5.74, 6) is 1.81. The number of fused-ring (bicyclic) bond motifs is 4. The maximum absolute atomic E-state index is 6.06. The van der Waals surface area contributed by atoms with Gasteiger partial charge >= 0.3 is 0 Å². The summed E-state index contributed by atoms with van der Waals surface area (Å²) in [6, 6.07) is 9.49. The van der Waals surface area contributed by atoms with Gasteiger partial charge in [0.05, 0.1) is 12.8 Å². The summed E-state index contributed by atoms with van der Waals surface area (Å²) in [6.45, 7) is 0.723. The predicted molar refractivity (Wildman–Crippen MR) is 79.0 cm³/mol. The Morgan fingerprint density at radius 1 is 1.19 bits per heavy atom. The third-order valence-electron chi connectivity index (χ3n) is 3.73. The molecule has 0 saturated carbocycles. The van der Waals surface area contributed by atoms with Gasteiger partial charge in [-0.05, 0) is 12.1 Å². The number of nitrogens with two attached hydrogens (primary N) is 1. The molecule has 4 rings (SSSR count). The van der Waals surface area contributed by atoms with Gasteiger partial charge in [0.25, 0.3) is 0 Å². The number of benzene rings is 1. The largest absolute Gasteiger partial charge is 0.455 e. The molecule has 0 aliphatic carbocycles. The van der Waals surface area contributed by atoms with E-state index >= 15 is 0 Å². The second-order valence-corrected chi connectivity index (χ2v) is 5.44. The number of ether oxygens (including phenoxy) is 2. The van der Waals surface area contributed by atoms with Crippen LogP contribution in [0, 0.1) is 0 Å². The van der Waals surface area contributed by atoms with Crippen molar-refractivity contribution in [3.05, 3.63) is 52.8 Å². The highest BCUT2D eigenvalue weighted by atomic mass is 35.5. The number of amidine groups is 1. The smallest absolute Gasteiger partial charge is 0.151 e. The zero-order valence-electron chi connectivity index (χ0n) is 11.0. The molecule has 2 aliphatic heterocycles. The number of hydrogen-bond donors (Lipinski definition) is 1. The van der Waals surface area contributed by atoms with Crippen molar-refractivity contribution in [2.24, 2.45) is 10.7 Å². The second-order valence-electron chi connectivity index (χ2n) is 5.06. The summed E-state index contributed by atoms with van der Waals surface area (Å²) in [7, 11) is 0. The first-order valence-electron chi connectivity index (χ1n) is 6.54. The first kappa shape index (κ1) is 12.6. The molecule has 1 unspecified atom stereocenters. The van der Waals surface area contributed by atoms with Crippen molar-refractivity contribution in [3.8, 4) is 11.5 Å². The molecule has 0 fully saturated rings. The van der Waals surface area contributed by atoms with E-state index in [1.807, 2.05) is 24.3 Å². The van der Waals surface area contributed by atoms with Crippen LogP contribution >= 0.6 is 11.6 Å². The quantitative estimate of drug-likeness (QED) is 0.759. The number of para-hydroxylation sites is 1. The Morgan fingerprint density at radius 2 is 2.05 bits per heavy atom. The van der Waals surface area contributed by atoms with Crippen LogP contribution in [0.1, 0.15) is 11.1 Å². The maximum Gasteiger partial charge on any atom is 0.151 e. The van der Waals surface area contributed by atoms with E-state index in [4.69, 9.17) is 31.8 Å². The third kappa shape index (κ3) is 1.81. The number of aromatic nitrogens is 1. The fraction of sp³-hybridized carbons (Fsp3) is 0.200. The lowest BCUT2D eigenvalue weighted by Gasteiger charge is -2.39. The molecule has 0 bridgehead atoms. The van der Waals surface area contributed by atoms with Crippen LogP contribution in [0.5, 0.6) is 11.5 Å². The van der Waals surface area contributed by atoms with Crippen LogP contribution < -0.4 is 10.5 Å². The van der Waals surface area contributed by atoms with Gasteiger partial charge in [-0.25, -0.2) is 4.98 Å². The van der Waals surface area contributed by atoms with Crippen molar-refractivity contribution in [1.82, 2.24) is 4.98 Å². The van der Waals surface area contributed by atoms with Crippen LogP contribution in [0.3, 0.4) is 0 Å². The summed E-state index contributed by atoms with van der Waals surface area (Å²) in [4.78, 5) is 8.78. The van der Waals surface area contributed by atoms with Crippen molar-refractivity contribution in [2.75, 3.05) is 13.2 Å². The van der Waals surface area contributed by atoms with Gasteiger partial charge in [0, 0.05) is 11.1 Å². The molecule has 6 heteroatoms. The number of rotatable bonds is 0. The molecule has 3 heterocycles. The fourth-order valence-corrected chi connectivity index (χ4v) is 3.03. The van der Waals surface area contributed by atoms with Gasteiger partial charge < -0.3 is 15.2 Å². The molecule has 1 aromatic carbocycles. The summed E-state index contributed by atoms with van der Waals surface area (Å²) < 4.78 is 11.6. The van der Waals surface area contributed by atoms with Crippen molar-refractivity contribution < 1.29 is 9.47 Å². The van der Waals surface area contributed by atoms with Gasteiger partial charge in [-0.15, -0.1) is 0 Å². The number of hydrogen-bond acceptors (Lipinski definition) is 5. The van der Waals surface area contributed by atoms with E-state index in [1.54, 1.807) is 12.3 Å². The SMILES string of the molecule is NC1=NC2(COC1)c1ccccc1Oc1cnc(Cl)cc12. The topological polar surface area (TPSA) is 69.7 Å². The standard InChI is InChI=1S/C15H12ClN3O2/c16-13-5-10-12(6-18-13)21-11-4-2-1-3-9(11)15(10)8-20-7-14(17)19-15/h1-6H,7-8H2,(H2,17,19). The molecule has 0 saturated heterocycles. The number of aliphatic imine (C=N–C) groups is 1. The number of nitrogens with zero attached hydrogens (tertiary/aromatic N) is 2. The normalized spacial score (nSPS) is 23.0. The Labute approximate surface area is 126 Å². The van der Waals surface area contributed by atoms with E-state index in [0.717, 1.165) is 16.9 Å². The van der Waals surface area contributed by atoms with Crippen LogP contribution in [-0.4, -0.2) is 24.0 Å². The van der Waals surface area contributed by atoms with Gasteiger partial charge in [-0.2, -0.15) is 0 Å². The van der Waals surface area contributed by atoms with Gasteiger partial charge in [-0.1, -0.05) is 29.8 Å². The lowest BCUT2D eigenvalue weighted by molar-refractivity contribution is 0.109. The van der Waals surface area contributed by atoms with E-state index in [1.165, 1.54) is 0 Å². The summed E-state index contributed by atoms with van der Waals surface area (Å²) in [5.41, 5.74) is 6.95. The number of pyridine rings is 1. The van der Waals surface area contributed by atoms with Crippen molar-refractivity contribution in [3.63, 3.8) is 0 Å². The van der Waals surface area contributed by atoms with Crippen LogP contribution in [0.4, 0.5) is 0 Å². The monoisotopic (exact) mass is 301 g/mol. The van der Waals surface area contributed by atoms with Crippen LogP contribution in [0.25, 0.3) is 0 Å². The lowest BCUT2D eigenvalue weighted by atomic mass is 9.81. The van der Waals surface area contributed by atoms with Gasteiger partial charge in [0.2, 0.25) is 0 Å². The molecule has 0 radical (unpaired) electrons. The molecule has 5 nitrogen and oxygen atoms in total. The summed E-state index contributed by atoms with van der Waals surface area (Å²) >= 11 is 6.06. The minimum absolute atomic E-state index is 0.332. The van der Waals surface area contributed by atoms with E-state index in [-0.39, 0.29) is 0 Å². The van der Waals surface area contributed by atoms with Gasteiger partial charge in [-0.3, -0.25) is 4.99 Å². The van der Waals surface area contributed by atoms with E-state index in [2.05, 4.69) is 4.98 Å². The van der Waals surface area contributed by atoms with E-state index < -0.39 is 5.54 Å². The molecule has 1 atom stereocenters. The summed E-state index contributed by atoms with van der Waals surface area (Å²) in [6.07, 6.45) is 1.61. The molecule has 0 amide bonds. The molecular formula is C15H12ClN3O2. The van der Waals surface area contributed by atoms with Crippen molar-refractivity contribution in [1.29, 1.82) is 0 Å². The molecule has 1 spiro atoms. The Kier molecular flexibility index (Phi) is 2.67. The average Bonchev–Trinajstić information content (AvgIpc) is 2.49. The molecule has 21 heavy (non-hydrogen) atoms. The zero-order chi connectivity index (χ0) is 14.4. The van der Waals surface area contributed by atoms with Gasteiger partial charge in [0.15, 0.2) is 5.75 Å². The van der Waals surface area contributed by atoms with E-state index in [0.29, 0.717) is 30.0 Å². The summed E-state index contributed by atoms with van der Waals surface area (Å²) in [5, 5.41) is 0.385. The molecule has 2 N–H and O–H groups in total. The van der Waals surface area contributed by atoms with Crippen LogP contribution in [0.15, 0.2) is 41.5 Å². The average molecular weight is 302 g/mol. The molecule has 106 valence electrons. The van der Waals surface area contributed by atoms with Crippen molar-refractivity contribution >= 4 is 17.4 Å². The molecule has 1 aromatic heterocycles. The van der Waals surface area contributed by atoms with Gasteiger partial charge in [0.1, 0.15) is 28.9 Å². The first-order valence-corrected chi connectivity index (χ1v) is 6.92. The Morgan fingerprint density at radius 3 is 2.90 bits per heavy atom. The molecular weight excluding hydrogens is 290 g/mol. The second kappa shape index (κ2) is 4.44. The maximum atomic E-state index is 6.06. The Hall–Kier alpha value is -2.11. The fourth-order valence-electron chi connectivity index (χ4n) is 2.87. The Bertz CT molecular complexity index is 762. The van der Waals surface area contributed by atoms with Crippen LogP contribution in [0.2, 0.25) is 5.15 Å². The third-order valence-corrected chi connectivity index (χ3v) is 3.93. The number of halogens is 1. The predicted octanol–water partition coefficient (Wildman–Crippen LogP) is 2.47. The highest BCUT2D eigenvalue weighted by molar-refractivity contribution is 6.29. The molecule has 2 aromatic rings. The first-order chi connectivity index (χ1) is 10.2. The highest BCUT2D eigenvalue weighted by Gasteiger charge is 2.44. The van der Waals surface area contributed by atoms with E-state index in [9.17, 15) is 0 Å². The zero-order valence-corrected chi connectivity index (χ0v) is 11.8. The minimum atomic E-state index is -0.723. The Balaban J connectivity index is 2.05. The van der Waals surface area contributed by atoms with Crippen LogP contribution in [-0.2, 0) is 10.3 Å². The lowest BCUT2D eigenvalue weighted by Crippen LogP contribution is -2.42.